The molecule has 4 heteroatoms. The van der Waals surface area contributed by atoms with E-state index in [-0.39, 0.29) is 6.61 Å². The van der Waals surface area contributed by atoms with Gasteiger partial charge in [-0.25, -0.2) is 0 Å². The minimum Gasteiger partial charge on any atom is -0.392 e. The van der Waals surface area contributed by atoms with Gasteiger partial charge in [0.05, 0.1) is 6.61 Å². The smallest absolute Gasteiger partial charge is 0.0681 e. The second kappa shape index (κ2) is 6.47. The van der Waals surface area contributed by atoms with Crippen LogP contribution in [0, 0.1) is 0 Å². The number of aliphatic hydroxyl groups excluding tert-OH is 1. The van der Waals surface area contributed by atoms with Crippen LogP contribution in [0.2, 0.25) is 0 Å². The van der Waals surface area contributed by atoms with Gasteiger partial charge in [-0.05, 0) is 17.2 Å². The van der Waals surface area contributed by atoms with Crippen LogP contribution < -0.4 is 0 Å². The number of hydrogen-bond donors (Lipinski definition) is 1. The molecule has 0 aliphatic heterocycles. The molecule has 17 heavy (non-hydrogen) atoms. The van der Waals surface area contributed by atoms with Crippen molar-refractivity contribution in [2.75, 3.05) is 5.75 Å². The molecule has 1 aromatic carbocycles. The average Bonchev–Trinajstić information content (AvgIpc) is 2.88. The Hall–Kier alpha value is -1.26. The first kappa shape index (κ1) is 12.2. The van der Waals surface area contributed by atoms with Crippen LogP contribution in [-0.4, -0.2) is 20.6 Å². The molecule has 1 aromatic heterocycles. The molecule has 90 valence electrons. The topological polar surface area (TPSA) is 38.0 Å². The molecule has 0 saturated carbocycles. The van der Waals surface area contributed by atoms with Crippen LogP contribution in [0.1, 0.15) is 11.1 Å². The van der Waals surface area contributed by atoms with E-state index in [1.165, 1.54) is 5.56 Å². The van der Waals surface area contributed by atoms with E-state index in [0.29, 0.717) is 0 Å². The van der Waals surface area contributed by atoms with Crippen molar-refractivity contribution in [1.82, 2.24) is 9.78 Å². The molecular weight excluding hydrogens is 232 g/mol. The van der Waals surface area contributed by atoms with Crippen LogP contribution in [0.4, 0.5) is 0 Å². The summed E-state index contributed by atoms with van der Waals surface area (Å²) in [7, 11) is 0. The molecule has 0 amide bonds. The van der Waals surface area contributed by atoms with E-state index in [4.69, 9.17) is 5.11 Å². The lowest BCUT2D eigenvalue weighted by atomic mass is 10.2. The molecule has 0 atom stereocenters. The molecule has 1 N–H and O–H groups in total. The second-order valence-corrected chi connectivity index (χ2v) is 4.90. The van der Waals surface area contributed by atoms with Gasteiger partial charge in [0.1, 0.15) is 0 Å². The number of nitrogens with zero attached hydrogens (tertiary/aromatic N) is 2. The summed E-state index contributed by atoms with van der Waals surface area (Å²) in [5.41, 5.74) is 2.27. The Morgan fingerprint density at radius 1 is 1.18 bits per heavy atom. The van der Waals surface area contributed by atoms with Gasteiger partial charge in [-0.15, -0.1) is 0 Å². The Balaban J connectivity index is 1.70. The molecule has 0 saturated heterocycles. The molecule has 0 aliphatic rings. The molecule has 2 aromatic rings. The van der Waals surface area contributed by atoms with Gasteiger partial charge in [0.15, 0.2) is 0 Å². The SMILES string of the molecule is OCc1ccc(CSCCn2cccn2)cc1. The summed E-state index contributed by atoms with van der Waals surface area (Å²) in [6.45, 7) is 1.07. The highest BCUT2D eigenvalue weighted by Gasteiger charge is 1.96. The van der Waals surface area contributed by atoms with Crippen LogP contribution in [-0.2, 0) is 18.9 Å². The first-order chi connectivity index (χ1) is 8.38. The highest BCUT2D eigenvalue weighted by Crippen LogP contribution is 2.13. The highest BCUT2D eigenvalue weighted by molar-refractivity contribution is 7.98. The van der Waals surface area contributed by atoms with Crippen molar-refractivity contribution in [1.29, 1.82) is 0 Å². The summed E-state index contributed by atoms with van der Waals surface area (Å²) < 4.78 is 1.95. The monoisotopic (exact) mass is 248 g/mol. The number of aryl methyl sites for hydroxylation is 1. The molecule has 0 aliphatic carbocycles. The van der Waals surface area contributed by atoms with Gasteiger partial charge in [0, 0.05) is 30.4 Å². The van der Waals surface area contributed by atoms with E-state index in [9.17, 15) is 0 Å². The van der Waals surface area contributed by atoms with E-state index in [1.54, 1.807) is 6.20 Å². The van der Waals surface area contributed by atoms with E-state index < -0.39 is 0 Å². The van der Waals surface area contributed by atoms with Crippen LogP contribution >= 0.6 is 11.8 Å². The van der Waals surface area contributed by atoms with Gasteiger partial charge in [0.25, 0.3) is 0 Å². The predicted molar refractivity (Wildman–Crippen MR) is 70.8 cm³/mol. The van der Waals surface area contributed by atoms with Crippen molar-refractivity contribution in [3.05, 3.63) is 53.9 Å². The Labute approximate surface area is 105 Å². The molecule has 0 unspecified atom stereocenters. The van der Waals surface area contributed by atoms with Crippen LogP contribution in [0.25, 0.3) is 0 Å². The van der Waals surface area contributed by atoms with Gasteiger partial charge in [-0.3, -0.25) is 4.68 Å². The van der Waals surface area contributed by atoms with Crippen molar-refractivity contribution in [3.63, 3.8) is 0 Å². The summed E-state index contributed by atoms with van der Waals surface area (Å²) >= 11 is 1.89. The van der Waals surface area contributed by atoms with Gasteiger partial charge in [-0.1, -0.05) is 24.3 Å². The zero-order valence-electron chi connectivity index (χ0n) is 9.62. The summed E-state index contributed by atoms with van der Waals surface area (Å²) in [6.07, 6.45) is 3.79. The third-order valence-electron chi connectivity index (χ3n) is 2.50. The average molecular weight is 248 g/mol. The minimum absolute atomic E-state index is 0.118. The lowest BCUT2D eigenvalue weighted by Gasteiger charge is -2.03. The molecule has 1 heterocycles. The highest BCUT2D eigenvalue weighted by atomic mass is 32.2. The number of benzene rings is 1. The van der Waals surface area contributed by atoms with Gasteiger partial charge in [0.2, 0.25) is 0 Å². The molecule has 0 spiro atoms. The normalized spacial score (nSPS) is 10.6. The Kier molecular flexibility index (Phi) is 4.64. The maximum atomic E-state index is 8.93. The summed E-state index contributed by atoms with van der Waals surface area (Å²) in [5, 5.41) is 13.1. The minimum atomic E-state index is 0.118. The van der Waals surface area contributed by atoms with E-state index in [0.717, 1.165) is 23.6 Å². The molecule has 2 rings (SSSR count). The van der Waals surface area contributed by atoms with Crippen LogP contribution in [0.5, 0.6) is 0 Å². The maximum absolute atomic E-state index is 8.93. The number of aromatic nitrogens is 2. The largest absolute Gasteiger partial charge is 0.392 e. The predicted octanol–water partition coefficient (Wildman–Crippen LogP) is 2.31. The summed E-state index contributed by atoms with van der Waals surface area (Å²) in [6, 6.07) is 10.0. The van der Waals surface area contributed by atoms with Crippen molar-refractivity contribution in [2.24, 2.45) is 0 Å². The zero-order chi connectivity index (χ0) is 11.9. The van der Waals surface area contributed by atoms with Gasteiger partial charge < -0.3 is 5.11 Å². The molecular formula is C13H16N2OS. The van der Waals surface area contributed by atoms with Gasteiger partial charge >= 0.3 is 0 Å². The number of rotatable bonds is 6. The summed E-state index contributed by atoms with van der Waals surface area (Å²) in [4.78, 5) is 0. The third-order valence-corrected chi connectivity index (χ3v) is 3.51. The fourth-order valence-corrected chi connectivity index (χ4v) is 2.41. The van der Waals surface area contributed by atoms with E-state index in [2.05, 4.69) is 17.2 Å². The van der Waals surface area contributed by atoms with Crippen LogP contribution in [0.15, 0.2) is 42.7 Å². The Morgan fingerprint density at radius 3 is 2.59 bits per heavy atom. The van der Waals surface area contributed by atoms with E-state index >= 15 is 0 Å². The number of thioether (sulfide) groups is 1. The Bertz CT molecular complexity index is 425. The third kappa shape index (κ3) is 3.91. The number of aliphatic hydroxyl groups is 1. The fourth-order valence-electron chi connectivity index (χ4n) is 1.52. The lowest BCUT2D eigenvalue weighted by Crippen LogP contribution is -2.00. The molecule has 0 fully saturated rings. The zero-order valence-corrected chi connectivity index (χ0v) is 10.4. The molecule has 0 bridgehead atoms. The maximum Gasteiger partial charge on any atom is 0.0681 e. The standard InChI is InChI=1S/C13H16N2OS/c16-10-12-2-4-13(5-3-12)11-17-9-8-15-7-1-6-14-15/h1-7,16H,8-11H2. The van der Waals surface area contributed by atoms with Crippen LogP contribution in [0.3, 0.4) is 0 Å². The fraction of sp³-hybridized carbons (Fsp3) is 0.308. The van der Waals surface area contributed by atoms with Crippen molar-refractivity contribution in [2.45, 2.75) is 18.9 Å². The van der Waals surface area contributed by atoms with Gasteiger partial charge in [-0.2, -0.15) is 16.9 Å². The lowest BCUT2D eigenvalue weighted by molar-refractivity contribution is 0.282. The molecule has 3 nitrogen and oxygen atoms in total. The van der Waals surface area contributed by atoms with Crippen molar-refractivity contribution >= 4 is 11.8 Å². The first-order valence-corrected chi connectivity index (χ1v) is 6.78. The second-order valence-electron chi connectivity index (χ2n) is 3.80. The first-order valence-electron chi connectivity index (χ1n) is 5.62. The van der Waals surface area contributed by atoms with Crippen molar-refractivity contribution in [3.8, 4) is 0 Å². The van der Waals surface area contributed by atoms with Crippen molar-refractivity contribution < 1.29 is 5.11 Å². The number of hydrogen-bond acceptors (Lipinski definition) is 3. The quantitative estimate of drug-likeness (QED) is 0.797. The Morgan fingerprint density at radius 2 is 1.94 bits per heavy atom. The van der Waals surface area contributed by atoms with E-state index in [1.807, 2.05) is 40.8 Å². The summed E-state index contributed by atoms with van der Waals surface area (Å²) in [5.74, 6) is 2.07. The molecule has 0 radical (unpaired) electrons.